The largest absolute Gasteiger partial charge is 0.351 e. The highest BCUT2D eigenvalue weighted by molar-refractivity contribution is 5.94. The van der Waals surface area contributed by atoms with Crippen LogP contribution in [0.3, 0.4) is 0 Å². The van der Waals surface area contributed by atoms with Crippen LogP contribution >= 0.6 is 0 Å². The first-order valence-corrected chi connectivity index (χ1v) is 6.31. The van der Waals surface area contributed by atoms with E-state index in [4.69, 9.17) is 5.73 Å². The summed E-state index contributed by atoms with van der Waals surface area (Å²) in [6.45, 7) is 2.88. The number of rotatable bonds is 5. The molecule has 0 heterocycles. The molecule has 3 nitrogen and oxygen atoms in total. The molecule has 0 saturated heterocycles. The molecule has 1 amide bonds. The highest BCUT2D eigenvalue weighted by Crippen LogP contribution is 2.47. The Hall–Kier alpha value is -1.42. The Morgan fingerprint density at radius 3 is 2.83 bits per heavy atom. The fourth-order valence-electron chi connectivity index (χ4n) is 2.18. The molecule has 1 saturated carbocycles. The van der Waals surface area contributed by atoms with E-state index in [1.165, 1.54) is 6.07 Å². The van der Waals surface area contributed by atoms with Crippen molar-refractivity contribution in [2.45, 2.75) is 26.2 Å². The summed E-state index contributed by atoms with van der Waals surface area (Å²) in [4.78, 5) is 11.9. The zero-order valence-electron chi connectivity index (χ0n) is 10.6. The maximum absolute atomic E-state index is 13.8. The number of hydrogen-bond acceptors (Lipinski definition) is 2. The molecule has 0 unspecified atom stereocenters. The second-order valence-electron chi connectivity index (χ2n) is 5.16. The summed E-state index contributed by atoms with van der Waals surface area (Å²) in [5.74, 6) is -0.766. The van der Waals surface area contributed by atoms with Crippen LogP contribution in [-0.2, 0) is 0 Å². The van der Waals surface area contributed by atoms with Crippen molar-refractivity contribution >= 4 is 5.91 Å². The SMILES string of the molecule is Cc1cccc(C(=O)NCC2(CCN)CC2)c1F. The maximum atomic E-state index is 13.8. The van der Waals surface area contributed by atoms with E-state index in [-0.39, 0.29) is 16.9 Å². The average Bonchev–Trinajstić information content (AvgIpc) is 3.11. The molecule has 2 rings (SSSR count). The van der Waals surface area contributed by atoms with Crippen LogP contribution in [0.25, 0.3) is 0 Å². The van der Waals surface area contributed by atoms with Gasteiger partial charge in [-0.3, -0.25) is 4.79 Å². The Balaban J connectivity index is 1.98. The fraction of sp³-hybridized carbons (Fsp3) is 0.500. The van der Waals surface area contributed by atoms with Gasteiger partial charge in [0, 0.05) is 6.54 Å². The van der Waals surface area contributed by atoms with Crippen molar-refractivity contribution in [2.75, 3.05) is 13.1 Å². The number of benzene rings is 1. The van der Waals surface area contributed by atoms with Crippen LogP contribution in [0.15, 0.2) is 18.2 Å². The van der Waals surface area contributed by atoms with Crippen LogP contribution in [0.1, 0.15) is 35.2 Å². The molecule has 1 aliphatic carbocycles. The number of carbonyl (C=O) groups excluding carboxylic acids is 1. The van der Waals surface area contributed by atoms with Gasteiger partial charge in [0.1, 0.15) is 5.82 Å². The first-order chi connectivity index (χ1) is 8.58. The standard InChI is InChI=1S/C14H19FN2O/c1-10-3-2-4-11(12(10)15)13(18)17-9-14(5-6-14)7-8-16/h2-4H,5-9,16H2,1H3,(H,17,18). The van der Waals surface area contributed by atoms with E-state index in [9.17, 15) is 9.18 Å². The van der Waals surface area contributed by atoms with E-state index < -0.39 is 5.82 Å². The number of nitrogens with one attached hydrogen (secondary N) is 1. The molecule has 18 heavy (non-hydrogen) atoms. The fourth-order valence-corrected chi connectivity index (χ4v) is 2.18. The van der Waals surface area contributed by atoms with Gasteiger partial charge in [-0.2, -0.15) is 0 Å². The van der Waals surface area contributed by atoms with Crippen LogP contribution in [0, 0.1) is 18.2 Å². The van der Waals surface area contributed by atoms with E-state index in [0.717, 1.165) is 19.3 Å². The number of nitrogens with two attached hydrogens (primary N) is 1. The molecule has 0 atom stereocenters. The Morgan fingerprint density at radius 1 is 1.50 bits per heavy atom. The number of halogens is 1. The smallest absolute Gasteiger partial charge is 0.254 e. The molecule has 98 valence electrons. The van der Waals surface area contributed by atoms with Crippen molar-refractivity contribution in [3.05, 3.63) is 35.1 Å². The summed E-state index contributed by atoms with van der Waals surface area (Å²) < 4.78 is 13.8. The van der Waals surface area contributed by atoms with Crippen LogP contribution in [0.2, 0.25) is 0 Å². The highest BCUT2D eigenvalue weighted by atomic mass is 19.1. The molecule has 4 heteroatoms. The Kier molecular flexibility index (Phi) is 3.66. The van der Waals surface area contributed by atoms with Gasteiger partial charge in [0.25, 0.3) is 5.91 Å². The minimum atomic E-state index is -0.432. The zero-order valence-corrected chi connectivity index (χ0v) is 10.6. The number of hydrogen-bond donors (Lipinski definition) is 2. The van der Waals surface area contributed by atoms with E-state index in [0.29, 0.717) is 18.7 Å². The molecule has 0 bridgehead atoms. The van der Waals surface area contributed by atoms with E-state index in [2.05, 4.69) is 5.32 Å². The normalized spacial score (nSPS) is 16.4. The Morgan fingerprint density at radius 2 is 2.22 bits per heavy atom. The maximum Gasteiger partial charge on any atom is 0.254 e. The second kappa shape index (κ2) is 5.06. The molecular weight excluding hydrogens is 231 g/mol. The topological polar surface area (TPSA) is 55.1 Å². The third-order valence-electron chi connectivity index (χ3n) is 3.69. The molecule has 0 aromatic heterocycles. The quantitative estimate of drug-likeness (QED) is 0.839. The van der Waals surface area contributed by atoms with Crippen molar-refractivity contribution < 1.29 is 9.18 Å². The van der Waals surface area contributed by atoms with Gasteiger partial charge in [-0.05, 0) is 49.8 Å². The van der Waals surface area contributed by atoms with Crippen molar-refractivity contribution in [1.29, 1.82) is 0 Å². The Labute approximate surface area is 107 Å². The van der Waals surface area contributed by atoms with Gasteiger partial charge >= 0.3 is 0 Å². The van der Waals surface area contributed by atoms with Gasteiger partial charge in [-0.1, -0.05) is 12.1 Å². The van der Waals surface area contributed by atoms with Crippen molar-refractivity contribution in [3.63, 3.8) is 0 Å². The number of amides is 1. The van der Waals surface area contributed by atoms with Gasteiger partial charge in [-0.25, -0.2) is 4.39 Å². The van der Waals surface area contributed by atoms with E-state index in [1.807, 2.05) is 0 Å². The summed E-state index contributed by atoms with van der Waals surface area (Å²) in [6.07, 6.45) is 3.12. The van der Waals surface area contributed by atoms with Crippen LogP contribution in [-0.4, -0.2) is 19.0 Å². The van der Waals surface area contributed by atoms with Crippen molar-refractivity contribution in [2.24, 2.45) is 11.1 Å². The lowest BCUT2D eigenvalue weighted by atomic mass is 10.0. The average molecular weight is 250 g/mol. The Bertz CT molecular complexity index is 455. The summed E-state index contributed by atoms with van der Waals surface area (Å²) in [5, 5.41) is 2.82. The van der Waals surface area contributed by atoms with Crippen LogP contribution in [0.4, 0.5) is 4.39 Å². The highest BCUT2D eigenvalue weighted by Gasteiger charge is 2.41. The minimum Gasteiger partial charge on any atom is -0.351 e. The monoisotopic (exact) mass is 250 g/mol. The lowest BCUT2D eigenvalue weighted by Gasteiger charge is -2.15. The molecule has 1 aromatic carbocycles. The molecule has 0 aliphatic heterocycles. The molecule has 1 aliphatic rings. The third kappa shape index (κ3) is 2.70. The van der Waals surface area contributed by atoms with Gasteiger partial charge in [-0.15, -0.1) is 0 Å². The summed E-state index contributed by atoms with van der Waals surface area (Å²) in [7, 11) is 0. The van der Waals surface area contributed by atoms with E-state index in [1.54, 1.807) is 19.1 Å². The first-order valence-electron chi connectivity index (χ1n) is 6.31. The van der Waals surface area contributed by atoms with Crippen molar-refractivity contribution in [1.82, 2.24) is 5.32 Å². The summed E-state index contributed by atoms with van der Waals surface area (Å²) >= 11 is 0. The van der Waals surface area contributed by atoms with Gasteiger partial charge in [0.15, 0.2) is 0 Å². The van der Waals surface area contributed by atoms with Crippen molar-refractivity contribution in [3.8, 4) is 0 Å². The van der Waals surface area contributed by atoms with Gasteiger partial charge in [0.05, 0.1) is 5.56 Å². The second-order valence-corrected chi connectivity index (χ2v) is 5.16. The minimum absolute atomic E-state index is 0.124. The third-order valence-corrected chi connectivity index (χ3v) is 3.69. The van der Waals surface area contributed by atoms with Crippen LogP contribution in [0.5, 0.6) is 0 Å². The summed E-state index contributed by atoms with van der Waals surface area (Å²) in [5.41, 5.74) is 6.33. The molecule has 1 aromatic rings. The van der Waals surface area contributed by atoms with E-state index >= 15 is 0 Å². The molecule has 3 N–H and O–H groups in total. The number of carbonyl (C=O) groups is 1. The molecule has 0 spiro atoms. The lowest BCUT2D eigenvalue weighted by molar-refractivity contribution is 0.0940. The first kappa shape index (κ1) is 13.0. The van der Waals surface area contributed by atoms with Gasteiger partial charge < -0.3 is 11.1 Å². The molecular formula is C14H19FN2O. The predicted molar refractivity (Wildman–Crippen MR) is 68.8 cm³/mol. The van der Waals surface area contributed by atoms with Crippen LogP contribution < -0.4 is 11.1 Å². The molecule has 1 fully saturated rings. The summed E-state index contributed by atoms with van der Waals surface area (Å²) in [6, 6.07) is 4.86. The number of aryl methyl sites for hydroxylation is 1. The predicted octanol–water partition coefficient (Wildman–Crippen LogP) is 1.99. The van der Waals surface area contributed by atoms with Gasteiger partial charge in [0.2, 0.25) is 0 Å². The molecule has 0 radical (unpaired) electrons. The zero-order chi connectivity index (χ0) is 13.2. The lowest BCUT2D eigenvalue weighted by Crippen LogP contribution is -2.31.